The first kappa shape index (κ1) is 19.8. The topological polar surface area (TPSA) is 63.2 Å². The number of hydrogen-bond acceptors (Lipinski definition) is 3. The molecule has 0 aliphatic heterocycles. The fourth-order valence-corrected chi connectivity index (χ4v) is 4.63. The molecule has 28 heavy (non-hydrogen) atoms. The van der Waals surface area contributed by atoms with Crippen LogP contribution >= 0.6 is 0 Å². The van der Waals surface area contributed by atoms with Gasteiger partial charge in [0.2, 0.25) is 0 Å². The molecule has 3 rings (SSSR count). The SMILES string of the molecule is Cc1ccccc1C(=O)NCC(c1ccccc1)S(=O)(=O)c1ccc(F)cc1. The maximum Gasteiger partial charge on any atom is 0.251 e. The molecule has 144 valence electrons. The lowest BCUT2D eigenvalue weighted by atomic mass is 10.1. The highest BCUT2D eigenvalue weighted by Gasteiger charge is 2.29. The minimum absolute atomic E-state index is 0.00731. The fraction of sp³-hybridized carbons (Fsp3) is 0.136. The van der Waals surface area contributed by atoms with Crippen LogP contribution in [-0.4, -0.2) is 20.9 Å². The Bertz CT molecular complexity index is 1060. The molecule has 3 aromatic carbocycles. The molecule has 0 heterocycles. The maximum atomic E-state index is 13.2. The highest BCUT2D eigenvalue weighted by atomic mass is 32.2. The number of sulfone groups is 1. The summed E-state index contributed by atoms with van der Waals surface area (Å²) in [6, 6.07) is 20.5. The molecule has 0 fully saturated rings. The van der Waals surface area contributed by atoms with E-state index in [2.05, 4.69) is 5.32 Å². The molecule has 0 aromatic heterocycles. The van der Waals surface area contributed by atoms with Crippen molar-refractivity contribution < 1.29 is 17.6 Å². The van der Waals surface area contributed by atoms with Gasteiger partial charge in [0, 0.05) is 12.1 Å². The van der Waals surface area contributed by atoms with E-state index in [9.17, 15) is 17.6 Å². The van der Waals surface area contributed by atoms with Gasteiger partial charge in [0.15, 0.2) is 9.84 Å². The number of rotatable bonds is 6. The second-order valence-electron chi connectivity index (χ2n) is 6.42. The Morgan fingerprint density at radius 1 is 0.929 bits per heavy atom. The van der Waals surface area contributed by atoms with E-state index in [1.807, 2.05) is 19.1 Å². The third kappa shape index (κ3) is 4.28. The molecule has 0 saturated carbocycles. The third-order valence-electron chi connectivity index (χ3n) is 4.53. The van der Waals surface area contributed by atoms with Crippen molar-refractivity contribution in [2.45, 2.75) is 17.1 Å². The van der Waals surface area contributed by atoms with E-state index >= 15 is 0 Å². The van der Waals surface area contributed by atoms with Crippen molar-refractivity contribution >= 4 is 15.7 Å². The number of hydrogen-bond donors (Lipinski definition) is 1. The lowest BCUT2D eigenvalue weighted by molar-refractivity contribution is 0.0953. The molecule has 0 aliphatic rings. The van der Waals surface area contributed by atoms with E-state index in [0.29, 0.717) is 11.1 Å². The Balaban J connectivity index is 1.91. The largest absolute Gasteiger partial charge is 0.350 e. The van der Waals surface area contributed by atoms with Gasteiger partial charge < -0.3 is 5.32 Å². The average molecular weight is 397 g/mol. The zero-order valence-corrected chi connectivity index (χ0v) is 16.1. The van der Waals surface area contributed by atoms with E-state index in [1.54, 1.807) is 42.5 Å². The van der Waals surface area contributed by atoms with Crippen LogP contribution in [0.4, 0.5) is 4.39 Å². The third-order valence-corrected chi connectivity index (χ3v) is 6.64. The Morgan fingerprint density at radius 3 is 2.18 bits per heavy atom. The predicted octanol–water partition coefficient (Wildman–Crippen LogP) is 4.08. The first-order valence-electron chi connectivity index (χ1n) is 8.78. The molecule has 0 spiro atoms. The number of benzene rings is 3. The van der Waals surface area contributed by atoms with Crippen molar-refractivity contribution in [2.24, 2.45) is 0 Å². The normalized spacial score (nSPS) is 12.4. The summed E-state index contributed by atoms with van der Waals surface area (Å²) in [6.45, 7) is 1.72. The molecule has 1 N–H and O–H groups in total. The number of carbonyl (C=O) groups excluding carboxylic acids is 1. The van der Waals surface area contributed by atoms with E-state index in [1.165, 1.54) is 12.1 Å². The van der Waals surface area contributed by atoms with E-state index in [-0.39, 0.29) is 17.3 Å². The minimum Gasteiger partial charge on any atom is -0.350 e. The van der Waals surface area contributed by atoms with Gasteiger partial charge in [-0.05, 0) is 48.4 Å². The highest BCUT2D eigenvalue weighted by Crippen LogP contribution is 2.28. The maximum absolute atomic E-state index is 13.2. The summed E-state index contributed by atoms with van der Waals surface area (Å²) in [6.07, 6.45) is 0. The molecular weight excluding hydrogens is 377 g/mol. The van der Waals surface area contributed by atoms with Crippen molar-refractivity contribution in [1.82, 2.24) is 5.32 Å². The molecule has 1 atom stereocenters. The molecular formula is C22H20FNO3S. The zero-order valence-electron chi connectivity index (χ0n) is 15.3. The summed E-state index contributed by atoms with van der Waals surface area (Å²) in [7, 11) is -3.84. The second kappa shape index (κ2) is 8.35. The Hall–Kier alpha value is -2.99. The summed E-state index contributed by atoms with van der Waals surface area (Å²) in [5.41, 5.74) is 1.85. The molecule has 0 radical (unpaired) electrons. The molecule has 0 bridgehead atoms. The summed E-state index contributed by atoms with van der Waals surface area (Å²) in [5, 5.41) is 1.74. The predicted molar refractivity (Wildman–Crippen MR) is 106 cm³/mol. The second-order valence-corrected chi connectivity index (χ2v) is 8.55. The number of aryl methyl sites for hydroxylation is 1. The summed E-state index contributed by atoms with van der Waals surface area (Å²) in [4.78, 5) is 12.6. The molecule has 0 aliphatic carbocycles. The van der Waals surface area contributed by atoms with Crippen LogP contribution < -0.4 is 5.32 Å². The van der Waals surface area contributed by atoms with Gasteiger partial charge in [-0.15, -0.1) is 0 Å². The molecule has 3 aromatic rings. The first-order valence-corrected chi connectivity index (χ1v) is 10.3. The number of nitrogens with one attached hydrogen (secondary N) is 1. The van der Waals surface area contributed by atoms with Gasteiger partial charge >= 0.3 is 0 Å². The zero-order chi connectivity index (χ0) is 20.1. The van der Waals surface area contributed by atoms with Gasteiger partial charge in [-0.2, -0.15) is 0 Å². The van der Waals surface area contributed by atoms with Gasteiger partial charge in [0.1, 0.15) is 11.1 Å². The molecule has 1 amide bonds. The van der Waals surface area contributed by atoms with Crippen LogP contribution in [0.3, 0.4) is 0 Å². The van der Waals surface area contributed by atoms with Gasteiger partial charge in [0.25, 0.3) is 5.91 Å². The number of halogens is 1. The summed E-state index contributed by atoms with van der Waals surface area (Å²) in [5.74, 6) is -0.851. The van der Waals surface area contributed by atoms with Crippen LogP contribution in [-0.2, 0) is 9.84 Å². The van der Waals surface area contributed by atoms with Crippen molar-refractivity contribution in [2.75, 3.05) is 6.54 Å². The monoisotopic (exact) mass is 397 g/mol. The lowest BCUT2D eigenvalue weighted by Crippen LogP contribution is -2.32. The Morgan fingerprint density at radius 2 is 1.54 bits per heavy atom. The summed E-state index contributed by atoms with van der Waals surface area (Å²) >= 11 is 0. The van der Waals surface area contributed by atoms with Gasteiger partial charge in [-0.25, -0.2) is 12.8 Å². The van der Waals surface area contributed by atoms with E-state index < -0.39 is 20.9 Å². The fourth-order valence-electron chi connectivity index (χ4n) is 2.97. The molecule has 4 nitrogen and oxygen atoms in total. The van der Waals surface area contributed by atoms with Crippen molar-refractivity contribution in [1.29, 1.82) is 0 Å². The average Bonchev–Trinajstić information content (AvgIpc) is 2.69. The standard InChI is InChI=1S/C22H20FNO3S/c1-16-7-5-6-10-20(16)22(25)24-15-21(17-8-3-2-4-9-17)28(26,27)19-13-11-18(23)12-14-19/h2-14,21H,15H2,1H3,(H,24,25). The number of amides is 1. The molecule has 1 unspecified atom stereocenters. The van der Waals surface area contributed by atoms with Crippen LogP contribution in [0.25, 0.3) is 0 Å². The minimum atomic E-state index is -3.84. The van der Waals surface area contributed by atoms with Crippen molar-refractivity contribution in [3.63, 3.8) is 0 Å². The van der Waals surface area contributed by atoms with E-state index in [0.717, 1.165) is 17.7 Å². The quantitative estimate of drug-likeness (QED) is 0.638. The summed E-state index contributed by atoms with van der Waals surface area (Å²) < 4.78 is 39.6. The van der Waals surface area contributed by atoms with Crippen molar-refractivity contribution in [3.05, 3.63) is 101 Å². The molecule has 0 saturated heterocycles. The van der Waals surface area contributed by atoms with Crippen LogP contribution in [0.2, 0.25) is 0 Å². The van der Waals surface area contributed by atoms with Crippen LogP contribution in [0.5, 0.6) is 0 Å². The smallest absolute Gasteiger partial charge is 0.251 e. The van der Waals surface area contributed by atoms with Gasteiger partial charge in [-0.3, -0.25) is 4.79 Å². The number of carbonyl (C=O) groups is 1. The van der Waals surface area contributed by atoms with Crippen molar-refractivity contribution in [3.8, 4) is 0 Å². The Labute approximate surface area is 164 Å². The molecule has 6 heteroatoms. The van der Waals surface area contributed by atoms with Gasteiger partial charge in [-0.1, -0.05) is 48.5 Å². The van der Waals surface area contributed by atoms with Crippen LogP contribution in [0, 0.1) is 12.7 Å². The Kier molecular flexibility index (Phi) is 5.90. The highest BCUT2D eigenvalue weighted by molar-refractivity contribution is 7.91. The van der Waals surface area contributed by atoms with Crippen LogP contribution in [0.15, 0.2) is 83.8 Å². The lowest BCUT2D eigenvalue weighted by Gasteiger charge is -2.19. The first-order chi connectivity index (χ1) is 13.4. The van der Waals surface area contributed by atoms with Crippen LogP contribution in [0.1, 0.15) is 26.7 Å². The van der Waals surface area contributed by atoms with Gasteiger partial charge in [0.05, 0.1) is 4.90 Å². The van der Waals surface area contributed by atoms with E-state index in [4.69, 9.17) is 0 Å².